The minimum atomic E-state index is -3.80. The lowest BCUT2D eigenvalue weighted by molar-refractivity contribution is 0.100. The van der Waals surface area contributed by atoms with E-state index in [1.807, 2.05) is 42.5 Å². The summed E-state index contributed by atoms with van der Waals surface area (Å²) in [7, 11) is -3.80. The van der Waals surface area contributed by atoms with Gasteiger partial charge in [0.05, 0.1) is 16.1 Å². The number of rotatable bonds is 5. The van der Waals surface area contributed by atoms with Crippen molar-refractivity contribution in [2.75, 3.05) is 5.73 Å². The van der Waals surface area contributed by atoms with Crippen molar-refractivity contribution in [3.05, 3.63) is 81.8 Å². The fourth-order valence-electron chi connectivity index (χ4n) is 2.84. The molecule has 0 bridgehead atoms. The van der Waals surface area contributed by atoms with Gasteiger partial charge in [0, 0.05) is 10.0 Å². The van der Waals surface area contributed by atoms with E-state index in [9.17, 15) is 13.2 Å². The van der Waals surface area contributed by atoms with Crippen LogP contribution in [0.25, 0.3) is 23.3 Å². The molecular formula is C21H18BrN3O3S. The molecule has 0 aliphatic carbocycles. The molecule has 6 N–H and O–H groups in total. The lowest BCUT2D eigenvalue weighted by atomic mass is 9.96. The molecule has 0 saturated carbocycles. The molecule has 6 nitrogen and oxygen atoms in total. The Morgan fingerprint density at radius 3 is 2.17 bits per heavy atom. The Labute approximate surface area is 177 Å². The first-order valence-corrected chi connectivity index (χ1v) is 10.8. The number of primary amides is 1. The third-order valence-electron chi connectivity index (χ3n) is 4.28. The van der Waals surface area contributed by atoms with E-state index < -0.39 is 15.9 Å². The van der Waals surface area contributed by atoms with Gasteiger partial charge in [-0.05, 0) is 53.1 Å². The molecule has 0 aliphatic heterocycles. The van der Waals surface area contributed by atoms with Crippen molar-refractivity contribution in [1.82, 2.24) is 0 Å². The molecule has 0 fully saturated rings. The van der Waals surface area contributed by atoms with E-state index in [0.717, 1.165) is 15.6 Å². The van der Waals surface area contributed by atoms with Crippen molar-refractivity contribution >= 4 is 49.7 Å². The summed E-state index contributed by atoms with van der Waals surface area (Å²) in [5, 5.41) is 5.14. The van der Waals surface area contributed by atoms with Crippen molar-refractivity contribution in [1.29, 1.82) is 0 Å². The van der Waals surface area contributed by atoms with Crippen molar-refractivity contribution in [3.63, 3.8) is 0 Å². The molecule has 3 rings (SSSR count). The number of carbonyl (C=O) groups is 1. The van der Waals surface area contributed by atoms with E-state index in [1.165, 1.54) is 12.1 Å². The molecule has 0 saturated heterocycles. The van der Waals surface area contributed by atoms with Crippen molar-refractivity contribution in [2.24, 2.45) is 10.9 Å². The maximum atomic E-state index is 11.9. The van der Waals surface area contributed by atoms with Crippen LogP contribution in [0.4, 0.5) is 5.69 Å². The van der Waals surface area contributed by atoms with E-state index in [0.29, 0.717) is 11.1 Å². The number of amides is 1. The first-order chi connectivity index (χ1) is 13.6. The summed E-state index contributed by atoms with van der Waals surface area (Å²) in [5.41, 5.74) is 15.0. The normalized spacial score (nSPS) is 11.7. The Bertz CT molecular complexity index is 1220. The number of nitrogens with two attached hydrogens (primary N) is 3. The van der Waals surface area contributed by atoms with Gasteiger partial charge in [-0.25, -0.2) is 13.6 Å². The number of sulfonamides is 1. The number of nitrogen functional groups attached to an aromatic ring is 1. The zero-order valence-corrected chi connectivity index (χ0v) is 17.6. The fraction of sp³-hybridized carbons (Fsp3) is 0. The van der Waals surface area contributed by atoms with Gasteiger partial charge in [0.25, 0.3) is 5.91 Å². The van der Waals surface area contributed by atoms with E-state index >= 15 is 0 Å². The van der Waals surface area contributed by atoms with Crippen LogP contribution in [0.2, 0.25) is 0 Å². The van der Waals surface area contributed by atoms with Crippen LogP contribution < -0.4 is 16.6 Å². The highest BCUT2D eigenvalue weighted by atomic mass is 79.9. The number of hydrogen-bond donors (Lipinski definition) is 3. The average molecular weight is 472 g/mol. The maximum absolute atomic E-state index is 11.9. The van der Waals surface area contributed by atoms with Gasteiger partial charge in [-0.3, -0.25) is 4.79 Å². The van der Waals surface area contributed by atoms with Crippen LogP contribution in [0.5, 0.6) is 0 Å². The lowest BCUT2D eigenvalue weighted by Crippen LogP contribution is -2.14. The van der Waals surface area contributed by atoms with E-state index in [2.05, 4.69) is 15.9 Å². The molecule has 0 heterocycles. The maximum Gasteiger partial charge on any atom is 0.250 e. The van der Waals surface area contributed by atoms with Crippen molar-refractivity contribution in [2.45, 2.75) is 4.90 Å². The Morgan fingerprint density at radius 2 is 1.59 bits per heavy atom. The van der Waals surface area contributed by atoms with Gasteiger partial charge < -0.3 is 11.5 Å². The second-order valence-corrected chi connectivity index (χ2v) is 8.83. The third kappa shape index (κ3) is 4.92. The summed E-state index contributed by atoms with van der Waals surface area (Å²) < 4.78 is 23.9. The van der Waals surface area contributed by atoms with Gasteiger partial charge in [-0.1, -0.05) is 52.3 Å². The smallest absolute Gasteiger partial charge is 0.250 e. The molecule has 3 aromatic rings. The topological polar surface area (TPSA) is 129 Å². The molecule has 1 amide bonds. The van der Waals surface area contributed by atoms with Crippen LogP contribution in [-0.4, -0.2) is 14.3 Å². The zero-order chi connectivity index (χ0) is 21.2. The first kappa shape index (κ1) is 20.8. The Hall–Kier alpha value is -2.94. The Balaban J connectivity index is 2.08. The van der Waals surface area contributed by atoms with Crippen LogP contribution in [0, 0.1) is 0 Å². The van der Waals surface area contributed by atoms with Crippen LogP contribution in [-0.2, 0) is 10.0 Å². The zero-order valence-electron chi connectivity index (χ0n) is 15.2. The highest BCUT2D eigenvalue weighted by Gasteiger charge is 2.14. The monoisotopic (exact) mass is 471 g/mol. The van der Waals surface area contributed by atoms with Gasteiger partial charge >= 0.3 is 0 Å². The lowest BCUT2D eigenvalue weighted by Gasteiger charge is -2.12. The molecular weight excluding hydrogens is 454 g/mol. The minimum Gasteiger partial charge on any atom is -0.398 e. The van der Waals surface area contributed by atoms with E-state index in [-0.39, 0.29) is 16.1 Å². The van der Waals surface area contributed by atoms with Crippen LogP contribution in [0.15, 0.2) is 70.0 Å². The summed E-state index contributed by atoms with van der Waals surface area (Å²) in [6.45, 7) is 0. The highest BCUT2D eigenvalue weighted by Crippen LogP contribution is 2.31. The molecule has 148 valence electrons. The van der Waals surface area contributed by atoms with Gasteiger partial charge in [-0.15, -0.1) is 0 Å². The standard InChI is InChI=1S/C21H18BrN3O3S/c22-16-3-1-2-13(10-16)4-5-14-11-18(20(23)19(12-14)21(24)26)15-6-8-17(9-7-15)29(25,27)28/h1-12H,23H2,(H2,24,26)(H2,25,27,28). The van der Waals surface area contributed by atoms with Crippen molar-refractivity contribution in [3.8, 4) is 11.1 Å². The van der Waals surface area contributed by atoms with Crippen molar-refractivity contribution < 1.29 is 13.2 Å². The number of halogens is 1. The van der Waals surface area contributed by atoms with Gasteiger partial charge in [-0.2, -0.15) is 0 Å². The summed E-state index contributed by atoms with van der Waals surface area (Å²) >= 11 is 3.43. The molecule has 0 radical (unpaired) electrons. The Morgan fingerprint density at radius 1 is 0.931 bits per heavy atom. The van der Waals surface area contributed by atoms with Gasteiger partial charge in [0.1, 0.15) is 0 Å². The predicted molar refractivity (Wildman–Crippen MR) is 119 cm³/mol. The molecule has 0 atom stereocenters. The van der Waals surface area contributed by atoms with Crippen LogP contribution >= 0.6 is 15.9 Å². The molecule has 8 heteroatoms. The molecule has 0 aliphatic rings. The average Bonchev–Trinajstić information content (AvgIpc) is 2.66. The first-order valence-electron chi connectivity index (χ1n) is 8.45. The summed E-state index contributed by atoms with van der Waals surface area (Å²) in [5.74, 6) is -0.650. The van der Waals surface area contributed by atoms with Gasteiger partial charge in [0.2, 0.25) is 10.0 Å². The SMILES string of the molecule is NC(=O)c1cc(C=Cc2cccc(Br)c2)cc(-c2ccc(S(N)(=O)=O)cc2)c1N. The molecule has 29 heavy (non-hydrogen) atoms. The Kier molecular flexibility index (Phi) is 5.88. The van der Waals surface area contributed by atoms with E-state index in [4.69, 9.17) is 16.6 Å². The number of benzene rings is 3. The fourth-order valence-corrected chi connectivity index (χ4v) is 3.77. The van der Waals surface area contributed by atoms with Gasteiger partial charge in [0.15, 0.2) is 0 Å². The third-order valence-corrected chi connectivity index (χ3v) is 5.70. The van der Waals surface area contributed by atoms with Crippen LogP contribution in [0.1, 0.15) is 21.5 Å². The number of primary sulfonamides is 1. The molecule has 0 aromatic heterocycles. The van der Waals surface area contributed by atoms with Crippen LogP contribution in [0.3, 0.4) is 0 Å². The summed E-state index contributed by atoms with van der Waals surface area (Å²) in [6.07, 6.45) is 3.74. The largest absolute Gasteiger partial charge is 0.398 e. The molecule has 0 unspecified atom stereocenters. The second kappa shape index (κ2) is 8.20. The highest BCUT2D eigenvalue weighted by molar-refractivity contribution is 9.10. The summed E-state index contributed by atoms with van der Waals surface area (Å²) in [4.78, 5) is 11.9. The second-order valence-electron chi connectivity index (χ2n) is 6.35. The quantitative estimate of drug-likeness (QED) is 0.387. The van der Waals surface area contributed by atoms with E-state index in [1.54, 1.807) is 18.2 Å². The minimum absolute atomic E-state index is 0.0133. The summed E-state index contributed by atoms with van der Waals surface area (Å²) in [6, 6.07) is 17.1. The number of hydrogen-bond acceptors (Lipinski definition) is 4. The predicted octanol–water partition coefficient (Wildman–Crippen LogP) is 3.62. The number of anilines is 1. The number of carbonyl (C=O) groups excluding carboxylic acids is 1. The molecule has 3 aromatic carbocycles. The molecule has 0 spiro atoms.